The maximum Gasteiger partial charge on any atom is 0.495 e. The van der Waals surface area contributed by atoms with Gasteiger partial charge in [-0.2, -0.15) is 10.5 Å². The van der Waals surface area contributed by atoms with Gasteiger partial charge in [-0.25, -0.2) is 0 Å². The van der Waals surface area contributed by atoms with Gasteiger partial charge in [0.05, 0.1) is 31.0 Å². The Morgan fingerprint density at radius 3 is 1.80 bits per heavy atom. The Labute approximate surface area is 148 Å². The van der Waals surface area contributed by atoms with Gasteiger partial charge in [0.2, 0.25) is 0 Å². The average Bonchev–Trinajstić information content (AvgIpc) is 2.79. The van der Waals surface area contributed by atoms with Crippen molar-refractivity contribution in [2.45, 2.75) is 38.9 Å². The molecule has 0 N–H and O–H groups in total. The van der Waals surface area contributed by atoms with Crippen molar-refractivity contribution in [3.8, 4) is 23.6 Å². The molecule has 1 saturated heterocycles. The molecular formula is C18H21BN2O4. The van der Waals surface area contributed by atoms with Crippen molar-refractivity contribution in [3.05, 3.63) is 23.3 Å². The van der Waals surface area contributed by atoms with Crippen LogP contribution in [0.15, 0.2) is 17.7 Å². The SMILES string of the molecule is COc1cc(B2OC(C)(C)C(C)(C)O2)cc(OC)c1C=C(C#N)C#N. The van der Waals surface area contributed by atoms with Crippen LogP contribution in [0.5, 0.6) is 11.5 Å². The molecular weight excluding hydrogens is 319 g/mol. The number of methoxy groups -OCH3 is 2. The molecule has 130 valence electrons. The van der Waals surface area contributed by atoms with E-state index in [0.717, 1.165) is 5.46 Å². The van der Waals surface area contributed by atoms with Crippen LogP contribution < -0.4 is 14.9 Å². The summed E-state index contributed by atoms with van der Waals surface area (Å²) in [5.41, 5.74) is 0.278. The Kier molecular flexibility index (Phi) is 5.13. The van der Waals surface area contributed by atoms with Crippen molar-refractivity contribution in [1.29, 1.82) is 10.5 Å². The summed E-state index contributed by atoms with van der Waals surface area (Å²) in [7, 11) is 2.45. The molecule has 1 fully saturated rings. The summed E-state index contributed by atoms with van der Waals surface area (Å²) < 4.78 is 23.0. The number of hydrogen-bond acceptors (Lipinski definition) is 6. The summed E-state index contributed by atoms with van der Waals surface area (Å²) in [6.45, 7) is 7.91. The second-order valence-electron chi connectivity index (χ2n) is 6.71. The normalized spacial score (nSPS) is 17.4. The molecule has 6 nitrogen and oxygen atoms in total. The van der Waals surface area contributed by atoms with Crippen LogP contribution in [0.25, 0.3) is 6.08 Å². The Morgan fingerprint density at radius 1 is 1.00 bits per heavy atom. The highest BCUT2D eigenvalue weighted by Crippen LogP contribution is 2.38. The zero-order valence-electron chi connectivity index (χ0n) is 15.3. The van der Waals surface area contributed by atoms with Gasteiger partial charge in [0, 0.05) is 0 Å². The van der Waals surface area contributed by atoms with Crippen LogP contribution in [0.3, 0.4) is 0 Å². The highest BCUT2D eigenvalue weighted by atomic mass is 16.7. The molecule has 0 atom stereocenters. The van der Waals surface area contributed by atoms with E-state index in [-0.39, 0.29) is 5.57 Å². The maximum atomic E-state index is 8.99. The lowest BCUT2D eigenvalue weighted by atomic mass is 9.78. The summed E-state index contributed by atoms with van der Waals surface area (Å²) in [5.74, 6) is 0.930. The Hall–Kier alpha value is -2.48. The van der Waals surface area contributed by atoms with Crippen LogP contribution in [0.2, 0.25) is 0 Å². The van der Waals surface area contributed by atoms with Gasteiger partial charge in [-0.3, -0.25) is 0 Å². The first-order valence-electron chi connectivity index (χ1n) is 7.82. The lowest BCUT2D eigenvalue weighted by Gasteiger charge is -2.32. The standard InChI is InChI=1S/C18H21BN2O4/c1-17(2)18(3,4)25-19(24-17)13-8-15(22-5)14(16(9-13)23-6)7-12(10-20)11-21/h7-9H,1-6H3. The zero-order valence-corrected chi connectivity index (χ0v) is 15.3. The topological polar surface area (TPSA) is 84.5 Å². The highest BCUT2D eigenvalue weighted by molar-refractivity contribution is 6.62. The average molecular weight is 340 g/mol. The molecule has 1 heterocycles. The van der Waals surface area contributed by atoms with E-state index in [1.807, 2.05) is 39.8 Å². The number of nitrogens with zero attached hydrogens (tertiary/aromatic N) is 2. The Balaban J connectivity index is 2.53. The van der Waals surface area contributed by atoms with Gasteiger partial charge >= 0.3 is 7.12 Å². The molecule has 0 bridgehead atoms. The highest BCUT2D eigenvalue weighted by Gasteiger charge is 2.52. The summed E-state index contributed by atoms with van der Waals surface area (Å²) in [5, 5.41) is 18.0. The van der Waals surface area contributed by atoms with Crippen LogP contribution in [-0.4, -0.2) is 32.5 Å². The molecule has 0 unspecified atom stereocenters. The molecule has 1 aliphatic rings. The third kappa shape index (κ3) is 3.48. The second-order valence-corrected chi connectivity index (χ2v) is 6.71. The molecule has 7 heteroatoms. The van der Waals surface area contributed by atoms with Crippen LogP contribution in [0.1, 0.15) is 33.3 Å². The van der Waals surface area contributed by atoms with E-state index >= 15 is 0 Å². The molecule has 1 aliphatic heterocycles. The first-order chi connectivity index (χ1) is 11.7. The Morgan fingerprint density at radius 2 is 1.44 bits per heavy atom. The number of nitriles is 2. The smallest absolute Gasteiger partial charge is 0.495 e. The fourth-order valence-electron chi connectivity index (χ4n) is 2.45. The number of hydrogen-bond donors (Lipinski definition) is 0. The number of benzene rings is 1. The van der Waals surface area contributed by atoms with E-state index in [1.165, 1.54) is 20.3 Å². The first kappa shape index (κ1) is 18.9. The molecule has 1 aromatic carbocycles. The summed E-state index contributed by atoms with van der Waals surface area (Å²) in [6.07, 6.45) is 1.44. The van der Waals surface area contributed by atoms with E-state index in [9.17, 15) is 0 Å². The largest absolute Gasteiger partial charge is 0.496 e. The van der Waals surface area contributed by atoms with Gasteiger partial charge in [0.25, 0.3) is 0 Å². The van der Waals surface area contributed by atoms with Crippen molar-refractivity contribution in [2.24, 2.45) is 0 Å². The van der Waals surface area contributed by atoms with Gasteiger partial charge in [0.15, 0.2) is 0 Å². The molecule has 0 aromatic heterocycles. The van der Waals surface area contributed by atoms with Crippen molar-refractivity contribution in [2.75, 3.05) is 14.2 Å². The molecule has 0 radical (unpaired) electrons. The van der Waals surface area contributed by atoms with Gasteiger partial charge in [-0.15, -0.1) is 0 Å². The predicted octanol–water partition coefficient (Wildman–Crippen LogP) is 2.43. The first-order valence-corrected chi connectivity index (χ1v) is 7.82. The van der Waals surface area contributed by atoms with Crippen LogP contribution in [0, 0.1) is 22.7 Å². The minimum Gasteiger partial charge on any atom is -0.496 e. The third-order valence-electron chi connectivity index (χ3n) is 4.62. The molecule has 0 amide bonds. The van der Waals surface area contributed by atoms with E-state index < -0.39 is 18.3 Å². The number of rotatable bonds is 4. The lowest BCUT2D eigenvalue weighted by molar-refractivity contribution is 0.00578. The van der Waals surface area contributed by atoms with E-state index in [2.05, 4.69) is 0 Å². The Bertz CT molecular complexity index is 730. The predicted molar refractivity (Wildman–Crippen MR) is 94.5 cm³/mol. The minimum atomic E-state index is -0.572. The maximum absolute atomic E-state index is 8.99. The molecule has 2 rings (SSSR count). The molecule has 0 aliphatic carbocycles. The van der Waals surface area contributed by atoms with Gasteiger partial charge < -0.3 is 18.8 Å². The quantitative estimate of drug-likeness (QED) is 0.618. The van der Waals surface area contributed by atoms with Crippen molar-refractivity contribution in [1.82, 2.24) is 0 Å². The van der Waals surface area contributed by atoms with Crippen LogP contribution in [0.4, 0.5) is 0 Å². The third-order valence-corrected chi connectivity index (χ3v) is 4.62. The molecule has 1 aromatic rings. The molecule has 0 saturated carbocycles. The fraction of sp³-hybridized carbons (Fsp3) is 0.444. The summed E-state index contributed by atoms with van der Waals surface area (Å²) in [4.78, 5) is 0. The van der Waals surface area contributed by atoms with Crippen LogP contribution >= 0.6 is 0 Å². The lowest BCUT2D eigenvalue weighted by Crippen LogP contribution is -2.41. The van der Waals surface area contributed by atoms with Gasteiger partial charge in [-0.05, 0) is 51.4 Å². The second kappa shape index (κ2) is 6.80. The van der Waals surface area contributed by atoms with Gasteiger partial charge in [-0.1, -0.05) is 0 Å². The van der Waals surface area contributed by atoms with Crippen molar-refractivity contribution >= 4 is 18.7 Å². The van der Waals surface area contributed by atoms with E-state index in [1.54, 1.807) is 12.1 Å². The van der Waals surface area contributed by atoms with Gasteiger partial charge in [0.1, 0.15) is 29.2 Å². The fourth-order valence-corrected chi connectivity index (χ4v) is 2.45. The zero-order chi connectivity index (χ0) is 18.8. The molecule has 0 spiro atoms. The number of ether oxygens (including phenoxy) is 2. The minimum absolute atomic E-state index is 0.0417. The number of allylic oxidation sites excluding steroid dienone is 1. The monoisotopic (exact) mass is 340 g/mol. The van der Waals surface area contributed by atoms with E-state index in [4.69, 9.17) is 29.3 Å². The van der Waals surface area contributed by atoms with E-state index in [0.29, 0.717) is 17.1 Å². The molecule has 25 heavy (non-hydrogen) atoms. The van der Waals surface area contributed by atoms with Crippen LogP contribution in [-0.2, 0) is 9.31 Å². The summed E-state index contributed by atoms with van der Waals surface area (Å²) in [6, 6.07) is 7.20. The van der Waals surface area contributed by atoms with Crippen molar-refractivity contribution < 1.29 is 18.8 Å². The summed E-state index contributed by atoms with van der Waals surface area (Å²) >= 11 is 0. The van der Waals surface area contributed by atoms with Crippen molar-refractivity contribution in [3.63, 3.8) is 0 Å².